The molecule has 2 N–H and O–H groups in total. The molecule has 0 saturated carbocycles. The molecular weight excluding hydrogens is 230 g/mol. The minimum atomic E-state index is 0.126. The van der Waals surface area contributed by atoms with Crippen molar-refractivity contribution in [1.29, 1.82) is 0 Å². The molecule has 0 radical (unpaired) electrons. The monoisotopic (exact) mass is 247 g/mol. The topological polar surface area (TPSA) is 35.2 Å². The Hall–Kier alpha value is -1.32. The maximum absolute atomic E-state index is 5.96. The highest BCUT2D eigenvalue weighted by Gasteiger charge is 2.03. The Balaban J connectivity index is 1.94. The molecule has 2 aromatic rings. The van der Waals surface area contributed by atoms with Gasteiger partial charge in [-0.05, 0) is 46.5 Å². The molecule has 1 aromatic heterocycles. The van der Waals surface area contributed by atoms with Crippen molar-refractivity contribution >= 4 is 11.3 Å². The second-order valence-corrected chi connectivity index (χ2v) is 4.78. The van der Waals surface area contributed by atoms with Crippen LogP contribution in [-0.2, 0) is 6.61 Å². The molecule has 0 unspecified atom stereocenters. The summed E-state index contributed by atoms with van der Waals surface area (Å²) in [5.41, 5.74) is 8.33. The van der Waals surface area contributed by atoms with Crippen molar-refractivity contribution in [1.82, 2.24) is 0 Å². The van der Waals surface area contributed by atoms with Crippen molar-refractivity contribution in [3.63, 3.8) is 0 Å². The number of hydrogen-bond acceptors (Lipinski definition) is 3. The molecule has 1 aromatic carbocycles. The van der Waals surface area contributed by atoms with Gasteiger partial charge in [0.05, 0.1) is 0 Å². The third-order valence-electron chi connectivity index (χ3n) is 2.73. The van der Waals surface area contributed by atoms with Crippen molar-refractivity contribution in [2.75, 3.05) is 0 Å². The summed E-state index contributed by atoms with van der Waals surface area (Å²) in [6.45, 7) is 2.72. The lowest BCUT2D eigenvalue weighted by Gasteiger charge is -2.10. The van der Waals surface area contributed by atoms with Crippen LogP contribution in [0.4, 0.5) is 0 Å². The van der Waals surface area contributed by atoms with Crippen LogP contribution in [0.15, 0.2) is 41.1 Å². The van der Waals surface area contributed by atoms with Crippen molar-refractivity contribution in [2.45, 2.75) is 26.0 Å². The van der Waals surface area contributed by atoms with Crippen LogP contribution in [0.1, 0.15) is 30.5 Å². The maximum atomic E-state index is 5.96. The van der Waals surface area contributed by atoms with Crippen LogP contribution in [0, 0.1) is 0 Å². The number of benzene rings is 1. The SMILES string of the molecule is CC[C@@H](N)c1ccc(OCc2ccsc2)cc1. The highest BCUT2D eigenvalue weighted by Crippen LogP contribution is 2.19. The zero-order chi connectivity index (χ0) is 12.1. The summed E-state index contributed by atoms with van der Waals surface area (Å²) >= 11 is 1.69. The van der Waals surface area contributed by atoms with E-state index in [-0.39, 0.29) is 6.04 Å². The lowest BCUT2D eigenvalue weighted by atomic mass is 10.1. The highest BCUT2D eigenvalue weighted by molar-refractivity contribution is 7.07. The molecule has 0 spiro atoms. The molecule has 0 amide bonds. The predicted molar refractivity (Wildman–Crippen MR) is 72.3 cm³/mol. The summed E-state index contributed by atoms with van der Waals surface area (Å²) in [5, 5.41) is 4.16. The van der Waals surface area contributed by atoms with E-state index in [0.29, 0.717) is 6.61 Å². The molecule has 3 heteroatoms. The molecular formula is C14H17NOS. The summed E-state index contributed by atoms with van der Waals surface area (Å²) in [6.07, 6.45) is 0.953. The molecule has 0 aliphatic rings. The van der Waals surface area contributed by atoms with Gasteiger partial charge < -0.3 is 10.5 Å². The van der Waals surface area contributed by atoms with E-state index in [4.69, 9.17) is 10.5 Å². The number of ether oxygens (including phenoxy) is 1. The first-order chi connectivity index (χ1) is 8.29. The van der Waals surface area contributed by atoms with Gasteiger partial charge in [-0.15, -0.1) is 0 Å². The maximum Gasteiger partial charge on any atom is 0.119 e. The zero-order valence-corrected chi connectivity index (χ0v) is 10.7. The van der Waals surface area contributed by atoms with E-state index in [0.717, 1.165) is 17.7 Å². The molecule has 90 valence electrons. The van der Waals surface area contributed by atoms with Gasteiger partial charge in [-0.2, -0.15) is 11.3 Å². The van der Waals surface area contributed by atoms with Crippen LogP contribution in [-0.4, -0.2) is 0 Å². The van der Waals surface area contributed by atoms with Gasteiger partial charge >= 0.3 is 0 Å². The largest absolute Gasteiger partial charge is 0.489 e. The van der Waals surface area contributed by atoms with E-state index in [1.54, 1.807) is 11.3 Å². The Morgan fingerprint density at radius 3 is 2.59 bits per heavy atom. The molecule has 0 bridgehead atoms. The second kappa shape index (κ2) is 5.84. The fourth-order valence-corrected chi connectivity index (χ4v) is 2.24. The lowest BCUT2D eigenvalue weighted by molar-refractivity contribution is 0.306. The second-order valence-electron chi connectivity index (χ2n) is 4.00. The number of thiophene rings is 1. The van der Waals surface area contributed by atoms with E-state index in [2.05, 4.69) is 23.8 Å². The standard InChI is InChI=1S/C14H17NOS/c1-2-14(15)12-3-5-13(6-4-12)16-9-11-7-8-17-10-11/h3-8,10,14H,2,9,15H2,1H3/t14-/m1/s1. The molecule has 1 heterocycles. The summed E-state index contributed by atoms with van der Waals surface area (Å²) < 4.78 is 5.68. The van der Waals surface area contributed by atoms with Crippen molar-refractivity contribution in [2.24, 2.45) is 5.73 Å². The minimum Gasteiger partial charge on any atom is -0.489 e. The summed E-state index contributed by atoms with van der Waals surface area (Å²) in [5.74, 6) is 0.892. The average Bonchev–Trinajstić information content (AvgIpc) is 2.89. The number of rotatable bonds is 5. The van der Waals surface area contributed by atoms with Gasteiger partial charge in [0.1, 0.15) is 12.4 Å². The molecule has 0 fully saturated rings. The zero-order valence-electron chi connectivity index (χ0n) is 9.93. The van der Waals surface area contributed by atoms with Gasteiger partial charge in [-0.25, -0.2) is 0 Å². The fraction of sp³-hybridized carbons (Fsp3) is 0.286. The van der Waals surface area contributed by atoms with E-state index in [9.17, 15) is 0 Å². The molecule has 0 aliphatic heterocycles. The molecule has 17 heavy (non-hydrogen) atoms. The van der Waals surface area contributed by atoms with Crippen LogP contribution < -0.4 is 10.5 Å². The van der Waals surface area contributed by atoms with Crippen molar-refractivity contribution < 1.29 is 4.74 Å². The van der Waals surface area contributed by atoms with E-state index in [1.165, 1.54) is 5.56 Å². The minimum absolute atomic E-state index is 0.126. The lowest BCUT2D eigenvalue weighted by Crippen LogP contribution is -2.08. The smallest absolute Gasteiger partial charge is 0.119 e. The normalized spacial score (nSPS) is 12.4. The summed E-state index contributed by atoms with van der Waals surface area (Å²) in [4.78, 5) is 0. The molecule has 2 nitrogen and oxygen atoms in total. The molecule has 2 rings (SSSR count). The Morgan fingerprint density at radius 1 is 1.24 bits per heavy atom. The van der Waals surface area contributed by atoms with Crippen molar-refractivity contribution in [3.05, 3.63) is 52.2 Å². The van der Waals surface area contributed by atoms with Gasteiger partial charge in [-0.3, -0.25) is 0 Å². The van der Waals surface area contributed by atoms with Crippen molar-refractivity contribution in [3.8, 4) is 5.75 Å². The first-order valence-electron chi connectivity index (χ1n) is 5.79. The Morgan fingerprint density at radius 2 is 2.00 bits per heavy atom. The highest BCUT2D eigenvalue weighted by atomic mass is 32.1. The molecule has 0 saturated heterocycles. The third-order valence-corrected chi connectivity index (χ3v) is 3.47. The Bertz CT molecular complexity index is 436. The van der Waals surface area contributed by atoms with Crippen LogP contribution in [0.25, 0.3) is 0 Å². The predicted octanol–water partition coefficient (Wildman–Crippen LogP) is 3.74. The fourth-order valence-electron chi connectivity index (χ4n) is 1.59. The van der Waals surface area contributed by atoms with Gasteiger partial charge in [0, 0.05) is 6.04 Å². The Kier molecular flexibility index (Phi) is 4.18. The van der Waals surface area contributed by atoms with Gasteiger partial charge in [0.25, 0.3) is 0 Å². The van der Waals surface area contributed by atoms with E-state index < -0.39 is 0 Å². The van der Waals surface area contributed by atoms with Gasteiger partial charge in [-0.1, -0.05) is 19.1 Å². The van der Waals surface area contributed by atoms with Crippen LogP contribution in [0.5, 0.6) is 5.75 Å². The van der Waals surface area contributed by atoms with Gasteiger partial charge in [0.2, 0.25) is 0 Å². The third kappa shape index (κ3) is 3.32. The van der Waals surface area contributed by atoms with Gasteiger partial charge in [0.15, 0.2) is 0 Å². The molecule has 0 aliphatic carbocycles. The van der Waals surface area contributed by atoms with Crippen LogP contribution >= 0.6 is 11.3 Å². The number of nitrogens with two attached hydrogens (primary N) is 1. The summed E-state index contributed by atoms with van der Waals surface area (Å²) in [7, 11) is 0. The first kappa shape index (κ1) is 12.1. The number of hydrogen-bond donors (Lipinski definition) is 1. The molecule has 1 atom stereocenters. The van der Waals surface area contributed by atoms with E-state index >= 15 is 0 Å². The quantitative estimate of drug-likeness (QED) is 0.873. The van der Waals surface area contributed by atoms with E-state index in [1.807, 2.05) is 24.3 Å². The first-order valence-corrected chi connectivity index (χ1v) is 6.73. The van der Waals surface area contributed by atoms with Crippen LogP contribution in [0.3, 0.4) is 0 Å². The summed E-state index contributed by atoms with van der Waals surface area (Å²) in [6, 6.07) is 10.2. The average molecular weight is 247 g/mol. The van der Waals surface area contributed by atoms with Crippen LogP contribution in [0.2, 0.25) is 0 Å². The Labute approximate surface area is 106 Å².